The van der Waals surface area contributed by atoms with E-state index < -0.39 is 0 Å². The summed E-state index contributed by atoms with van der Waals surface area (Å²) in [5.41, 5.74) is 3.09. The van der Waals surface area contributed by atoms with Crippen LogP contribution in [0.5, 0.6) is 0 Å². The summed E-state index contributed by atoms with van der Waals surface area (Å²) >= 11 is 6.55. The van der Waals surface area contributed by atoms with Crippen LogP contribution < -0.4 is 10.5 Å². The predicted octanol–water partition coefficient (Wildman–Crippen LogP) is 4.54. The van der Waals surface area contributed by atoms with E-state index in [2.05, 4.69) is 4.90 Å². The van der Waals surface area contributed by atoms with Gasteiger partial charge in [-0.1, -0.05) is 60.1 Å². The molecule has 1 aliphatic heterocycles. The molecule has 0 N–H and O–H groups in total. The first kappa shape index (κ1) is 18.9. The molecule has 0 bridgehead atoms. The molecule has 1 saturated heterocycles. The van der Waals surface area contributed by atoms with Crippen LogP contribution in [0, 0.1) is 0 Å². The SMILES string of the molecule is O=c1c2ccccc2c(-c2ccccc2)nn1-c1cc(N2CCOCC2)ccc1Cl. The second kappa shape index (κ2) is 7.94. The summed E-state index contributed by atoms with van der Waals surface area (Å²) < 4.78 is 6.88. The largest absolute Gasteiger partial charge is 0.378 e. The maximum absolute atomic E-state index is 13.4. The van der Waals surface area contributed by atoms with Gasteiger partial charge in [-0.25, -0.2) is 0 Å². The van der Waals surface area contributed by atoms with Crippen LogP contribution in [-0.4, -0.2) is 36.1 Å². The van der Waals surface area contributed by atoms with Crippen molar-refractivity contribution in [1.82, 2.24) is 9.78 Å². The molecule has 0 unspecified atom stereocenters. The van der Waals surface area contributed by atoms with Crippen molar-refractivity contribution in [2.75, 3.05) is 31.2 Å². The number of benzene rings is 3. The molecular weight excluding hydrogens is 398 g/mol. The van der Waals surface area contributed by atoms with Crippen molar-refractivity contribution in [1.29, 1.82) is 0 Å². The highest BCUT2D eigenvalue weighted by Gasteiger charge is 2.17. The Morgan fingerprint density at radius 3 is 2.33 bits per heavy atom. The van der Waals surface area contributed by atoms with Gasteiger partial charge in [0.25, 0.3) is 5.56 Å². The van der Waals surface area contributed by atoms with Crippen LogP contribution in [0.4, 0.5) is 5.69 Å². The van der Waals surface area contributed by atoms with Gasteiger partial charge in [-0.05, 0) is 24.3 Å². The van der Waals surface area contributed by atoms with Gasteiger partial charge >= 0.3 is 0 Å². The molecule has 150 valence electrons. The van der Waals surface area contributed by atoms with Gasteiger partial charge in [0.15, 0.2) is 0 Å². The molecule has 6 heteroatoms. The second-order valence-corrected chi connectivity index (χ2v) is 7.62. The minimum absolute atomic E-state index is 0.189. The van der Waals surface area contributed by atoms with Gasteiger partial charge in [0.1, 0.15) is 0 Å². The molecule has 3 aromatic carbocycles. The highest BCUT2D eigenvalue weighted by Crippen LogP contribution is 2.29. The lowest BCUT2D eigenvalue weighted by atomic mass is 10.1. The van der Waals surface area contributed by atoms with Gasteiger partial charge in [-0.3, -0.25) is 4.79 Å². The van der Waals surface area contributed by atoms with E-state index in [-0.39, 0.29) is 5.56 Å². The number of morpholine rings is 1. The van der Waals surface area contributed by atoms with Crippen LogP contribution in [0.3, 0.4) is 0 Å². The smallest absolute Gasteiger partial charge is 0.279 e. The summed E-state index contributed by atoms with van der Waals surface area (Å²) in [5, 5.41) is 6.68. The molecule has 30 heavy (non-hydrogen) atoms. The van der Waals surface area contributed by atoms with Crippen molar-refractivity contribution in [3.63, 3.8) is 0 Å². The highest BCUT2D eigenvalue weighted by atomic mass is 35.5. The fraction of sp³-hybridized carbons (Fsp3) is 0.167. The van der Waals surface area contributed by atoms with Crippen molar-refractivity contribution in [2.45, 2.75) is 0 Å². The van der Waals surface area contributed by atoms with Gasteiger partial charge < -0.3 is 9.64 Å². The van der Waals surface area contributed by atoms with Gasteiger partial charge in [-0.15, -0.1) is 0 Å². The molecule has 1 fully saturated rings. The molecule has 2 heterocycles. The highest BCUT2D eigenvalue weighted by molar-refractivity contribution is 6.32. The van der Waals surface area contributed by atoms with Crippen LogP contribution in [0.2, 0.25) is 5.02 Å². The van der Waals surface area contributed by atoms with Crippen LogP contribution in [0.1, 0.15) is 0 Å². The van der Waals surface area contributed by atoms with Crippen LogP contribution in [0.15, 0.2) is 77.6 Å². The first-order valence-corrected chi connectivity index (χ1v) is 10.3. The summed E-state index contributed by atoms with van der Waals surface area (Å²) in [7, 11) is 0. The van der Waals surface area contributed by atoms with E-state index in [1.54, 1.807) is 0 Å². The number of rotatable bonds is 3. The molecule has 5 nitrogen and oxygen atoms in total. The number of nitrogens with zero attached hydrogens (tertiary/aromatic N) is 3. The van der Waals surface area contributed by atoms with Crippen molar-refractivity contribution in [3.05, 3.63) is 88.2 Å². The third-order valence-electron chi connectivity index (χ3n) is 5.39. The normalized spacial score (nSPS) is 14.2. The van der Waals surface area contributed by atoms with E-state index in [1.807, 2.05) is 72.8 Å². The molecule has 5 rings (SSSR count). The number of hydrogen-bond acceptors (Lipinski definition) is 4. The summed E-state index contributed by atoms with van der Waals surface area (Å²) in [6.45, 7) is 2.97. The minimum Gasteiger partial charge on any atom is -0.378 e. The molecule has 0 saturated carbocycles. The standard InChI is InChI=1S/C24H20ClN3O2/c25-21-11-10-18(27-12-14-30-15-13-27)16-22(21)28-24(29)20-9-5-4-8-19(20)23(26-28)17-6-2-1-3-7-17/h1-11,16H,12-15H2. The summed E-state index contributed by atoms with van der Waals surface area (Å²) in [4.78, 5) is 15.6. The van der Waals surface area contributed by atoms with E-state index >= 15 is 0 Å². The third-order valence-corrected chi connectivity index (χ3v) is 5.71. The van der Waals surface area contributed by atoms with Crippen molar-refractivity contribution in [2.24, 2.45) is 0 Å². The average Bonchev–Trinajstić information content (AvgIpc) is 2.81. The maximum Gasteiger partial charge on any atom is 0.279 e. The number of ether oxygens (including phenoxy) is 1. The molecule has 0 atom stereocenters. The Bertz CT molecular complexity index is 1260. The van der Waals surface area contributed by atoms with Crippen LogP contribution >= 0.6 is 11.6 Å². The summed E-state index contributed by atoms with van der Waals surface area (Å²) in [5.74, 6) is 0. The van der Waals surface area contributed by atoms with Crippen LogP contribution in [-0.2, 0) is 4.74 Å². The zero-order chi connectivity index (χ0) is 20.5. The molecule has 0 spiro atoms. The topological polar surface area (TPSA) is 47.4 Å². The Kier molecular flexibility index (Phi) is 4.99. The van der Waals surface area contributed by atoms with Crippen LogP contribution in [0.25, 0.3) is 27.7 Å². The molecule has 1 aliphatic rings. The molecule has 4 aromatic rings. The first-order chi connectivity index (χ1) is 14.7. The molecule has 0 radical (unpaired) electrons. The minimum atomic E-state index is -0.189. The molecule has 0 amide bonds. The molecular formula is C24H20ClN3O2. The second-order valence-electron chi connectivity index (χ2n) is 7.21. The average molecular weight is 418 g/mol. The Balaban J connectivity index is 1.74. The van der Waals surface area contributed by atoms with E-state index in [0.717, 1.165) is 35.4 Å². The van der Waals surface area contributed by atoms with E-state index in [1.165, 1.54) is 4.68 Å². The first-order valence-electron chi connectivity index (χ1n) is 9.92. The van der Waals surface area contributed by atoms with Gasteiger partial charge in [0.05, 0.1) is 35.0 Å². The van der Waals surface area contributed by atoms with Crippen molar-refractivity contribution < 1.29 is 4.74 Å². The number of halogens is 1. The summed E-state index contributed by atoms with van der Waals surface area (Å²) in [6, 6.07) is 23.2. The lowest BCUT2D eigenvalue weighted by Crippen LogP contribution is -2.36. The lowest BCUT2D eigenvalue weighted by Gasteiger charge is -2.29. The van der Waals surface area contributed by atoms with Crippen molar-refractivity contribution >= 4 is 28.1 Å². The third kappa shape index (κ3) is 3.36. The molecule has 0 aliphatic carbocycles. The lowest BCUT2D eigenvalue weighted by molar-refractivity contribution is 0.122. The fourth-order valence-corrected chi connectivity index (χ4v) is 4.04. The van der Waals surface area contributed by atoms with E-state index in [9.17, 15) is 4.79 Å². The zero-order valence-electron chi connectivity index (χ0n) is 16.3. The Morgan fingerprint density at radius 1 is 0.867 bits per heavy atom. The molecule has 1 aromatic heterocycles. The number of aromatic nitrogens is 2. The number of fused-ring (bicyclic) bond motifs is 1. The quantitative estimate of drug-likeness (QED) is 0.491. The number of hydrogen-bond donors (Lipinski definition) is 0. The number of anilines is 1. The summed E-state index contributed by atoms with van der Waals surface area (Å²) in [6.07, 6.45) is 0. The van der Waals surface area contributed by atoms with Gasteiger partial charge in [0, 0.05) is 29.7 Å². The Morgan fingerprint density at radius 2 is 1.57 bits per heavy atom. The Hall–Kier alpha value is -3.15. The van der Waals surface area contributed by atoms with Gasteiger partial charge in [-0.2, -0.15) is 9.78 Å². The van der Waals surface area contributed by atoms with E-state index in [0.29, 0.717) is 29.3 Å². The van der Waals surface area contributed by atoms with Gasteiger partial charge in [0.2, 0.25) is 0 Å². The monoisotopic (exact) mass is 417 g/mol. The Labute approximate surface area is 179 Å². The maximum atomic E-state index is 13.4. The fourth-order valence-electron chi connectivity index (χ4n) is 3.84. The predicted molar refractivity (Wildman–Crippen MR) is 121 cm³/mol. The van der Waals surface area contributed by atoms with Crippen molar-refractivity contribution in [3.8, 4) is 16.9 Å². The zero-order valence-corrected chi connectivity index (χ0v) is 17.0. The van der Waals surface area contributed by atoms with E-state index in [4.69, 9.17) is 21.4 Å².